The van der Waals surface area contributed by atoms with Crippen LogP contribution in [0.25, 0.3) is 0 Å². The summed E-state index contributed by atoms with van der Waals surface area (Å²) in [4.78, 5) is 9.15. The molecule has 0 radical (unpaired) electrons. The van der Waals surface area contributed by atoms with Crippen molar-refractivity contribution in [3.05, 3.63) is 4.91 Å². The molecule has 0 aromatic carbocycles. The zero-order chi connectivity index (χ0) is 4.83. The van der Waals surface area contributed by atoms with E-state index in [1.807, 2.05) is 0 Å². The molecule has 36 valence electrons. The predicted molar refractivity (Wildman–Crippen MR) is 21.3 cm³/mol. The Labute approximate surface area is 35.3 Å². The molecular weight excluding hydrogens is 85.0 g/mol. The average Bonchev–Trinajstić information content (AvgIpc) is 1.61. The second-order valence-corrected chi connectivity index (χ2v) is 0.895. The summed E-state index contributed by atoms with van der Waals surface area (Å²) in [7, 11) is 0. The highest BCUT2D eigenvalue weighted by atomic mass is 19.1. The fourth-order valence-corrected chi connectivity index (χ4v) is 0.124. The lowest BCUT2D eigenvalue weighted by Crippen LogP contribution is -1.77. The summed E-state index contributed by atoms with van der Waals surface area (Å²) in [5, 5.41) is 2.44. The molecule has 0 aromatic rings. The Bertz CT molecular complexity index is 39.8. The van der Waals surface area contributed by atoms with Gasteiger partial charge in [-0.2, -0.15) is 4.91 Å². The standard InChI is InChI=1S/C3H6FNO/c4-2-1-3-5-6/h1-3H2. The molecule has 0 saturated carbocycles. The third-order valence-corrected chi connectivity index (χ3v) is 0.383. The Kier molecular flexibility index (Phi) is 4.18. The van der Waals surface area contributed by atoms with Crippen molar-refractivity contribution in [2.45, 2.75) is 6.42 Å². The van der Waals surface area contributed by atoms with Gasteiger partial charge in [0.2, 0.25) is 0 Å². The van der Waals surface area contributed by atoms with Gasteiger partial charge in [-0.05, 0) is 6.42 Å². The van der Waals surface area contributed by atoms with Gasteiger partial charge >= 0.3 is 0 Å². The van der Waals surface area contributed by atoms with E-state index in [1.165, 1.54) is 0 Å². The zero-order valence-corrected chi connectivity index (χ0v) is 3.35. The SMILES string of the molecule is O=NCCCF. The lowest BCUT2D eigenvalue weighted by Gasteiger charge is -1.75. The number of alkyl halides is 1. The van der Waals surface area contributed by atoms with Crippen LogP contribution >= 0.6 is 0 Å². The average molecular weight is 91.1 g/mol. The highest BCUT2D eigenvalue weighted by Gasteiger charge is 1.78. The van der Waals surface area contributed by atoms with Crippen LogP contribution in [0.15, 0.2) is 5.18 Å². The zero-order valence-electron chi connectivity index (χ0n) is 3.35. The van der Waals surface area contributed by atoms with Crippen LogP contribution in [0.3, 0.4) is 0 Å². The van der Waals surface area contributed by atoms with Crippen LogP contribution < -0.4 is 0 Å². The van der Waals surface area contributed by atoms with Crippen LogP contribution in [0, 0.1) is 4.91 Å². The minimum Gasteiger partial charge on any atom is -0.251 e. The van der Waals surface area contributed by atoms with E-state index >= 15 is 0 Å². The van der Waals surface area contributed by atoms with E-state index in [1.54, 1.807) is 0 Å². The number of halogens is 1. The van der Waals surface area contributed by atoms with Crippen molar-refractivity contribution in [3.8, 4) is 0 Å². The maximum absolute atomic E-state index is 11.0. The summed E-state index contributed by atoms with van der Waals surface area (Å²) < 4.78 is 11.0. The van der Waals surface area contributed by atoms with Gasteiger partial charge in [-0.25, -0.2) is 0 Å². The molecule has 0 atom stereocenters. The predicted octanol–water partition coefficient (Wildman–Crippen LogP) is 1.11. The van der Waals surface area contributed by atoms with E-state index in [4.69, 9.17) is 4.91 Å². The van der Waals surface area contributed by atoms with Crippen LogP contribution in [0.2, 0.25) is 0 Å². The summed E-state index contributed by atoms with van der Waals surface area (Å²) in [5.41, 5.74) is 0. The maximum atomic E-state index is 11.0. The van der Waals surface area contributed by atoms with E-state index in [2.05, 4.69) is 5.18 Å². The van der Waals surface area contributed by atoms with Gasteiger partial charge in [0.1, 0.15) is 0 Å². The Hall–Kier alpha value is -0.470. The molecule has 0 aliphatic rings. The first-order valence-electron chi connectivity index (χ1n) is 1.77. The van der Waals surface area contributed by atoms with E-state index in [-0.39, 0.29) is 13.0 Å². The minimum atomic E-state index is -0.439. The molecule has 0 unspecified atom stereocenters. The van der Waals surface area contributed by atoms with E-state index in [0.717, 1.165) is 0 Å². The molecule has 0 aromatic heterocycles. The largest absolute Gasteiger partial charge is 0.251 e. The summed E-state index contributed by atoms with van der Waals surface area (Å²) in [6.07, 6.45) is 0.267. The summed E-state index contributed by atoms with van der Waals surface area (Å²) in [6.45, 7) is -0.331. The fourth-order valence-electron chi connectivity index (χ4n) is 0.124. The van der Waals surface area contributed by atoms with Gasteiger partial charge in [0, 0.05) is 0 Å². The highest BCUT2D eigenvalue weighted by Crippen LogP contribution is 1.78. The van der Waals surface area contributed by atoms with Crippen molar-refractivity contribution in [1.82, 2.24) is 0 Å². The third kappa shape index (κ3) is 3.53. The molecule has 0 spiro atoms. The van der Waals surface area contributed by atoms with Crippen molar-refractivity contribution < 1.29 is 4.39 Å². The topological polar surface area (TPSA) is 29.4 Å². The number of hydrogen-bond donors (Lipinski definition) is 0. The lowest BCUT2D eigenvalue weighted by molar-refractivity contribution is 0.477. The Morgan fingerprint density at radius 2 is 2.33 bits per heavy atom. The molecule has 0 saturated heterocycles. The van der Waals surface area contributed by atoms with Gasteiger partial charge in [0.25, 0.3) is 0 Å². The van der Waals surface area contributed by atoms with Crippen molar-refractivity contribution in [1.29, 1.82) is 0 Å². The van der Waals surface area contributed by atoms with Crippen LogP contribution in [0.4, 0.5) is 4.39 Å². The molecule has 2 nitrogen and oxygen atoms in total. The van der Waals surface area contributed by atoms with Gasteiger partial charge in [-0.1, -0.05) is 5.18 Å². The molecule has 3 heteroatoms. The summed E-state index contributed by atoms with van der Waals surface area (Å²) in [5.74, 6) is 0. The van der Waals surface area contributed by atoms with Crippen molar-refractivity contribution in [2.24, 2.45) is 5.18 Å². The first-order chi connectivity index (χ1) is 2.91. The van der Waals surface area contributed by atoms with Gasteiger partial charge in [0.15, 0.2) is 0 Å². The van der Waals surface area contributed by atoms with Crippen molar-refractivity contribution in [2.75, 3.05) is 13.2 Å². The first kappa shape index (κ1) is 5.53. The van der Waals surface area contributed by atoms with Crippen molar-refractivity contribution >= 4 is 0 Å². The molecule has 0 amide bonds. The molecule has 0 bridgehead atoms. The molecule has 0 aliphatic heterocycles. The summed E-state index contributed by atoms with van der Waals surface area (Å²) >= 11 is 0. The Morgan fingerprint density at radius 3 is 2.50 bits per heavy atom. The molecule has 6 heavy (non-hydrogen) atoms. The van der Waals surface area contributed by atoms with E-state index in [0.29, 0.717) is 0 Å². The first-order valence-corrected chi connectivity index (χ1v) is 1.77. The van der Waals surface area contributed by atoms with E-state index < -0.39 is 6.67 Å². The van der Waals surface area contributed by atoms with Crippen LogP contribution in [-0.4, -0.2) is 13.2 Å². The van der Waals surface area contributed by atoms with E-state index in [9.17, 15) is 4.39 Å². The quantitative estimate of drug-likeness (QED) is 0.378. The molecule has 0 heterocycles. The molecule has 0 fully saturated rings. The monoisotopic (exact) mass is 91.0 g/mol. The number of rotatable bonds is 3. The van der Waals surface area contributed by atoms with Gasteiger partial charge in [-0.15, -0.1) is 0 Å². The van der Waals surface area contributed by atoms with Crippen LogP contribution in [0.5, 0.6) is 0 Å². The molecule has 0 aliphatic carbocycles. The van der Waals surface area contributed by atoms with Crippen LogP contribution in [-0.2, 0) is 0 Å². The Morgan fingerprint density at radius 1 is 1.67 bits per heavy atom. The normalized spacial score (nSPS) is 8.17. The molecule has 0 N–H and O–H groups in total. The molecule has 0 rings (SSSR count). The van der Waals surface area contributed by atoms with Gasteiger partial charge in [-0.3, -0.25) is 4.39 Å². The fraction of sp³-hybridized carbons (Fsp3) is 1.00. The number of nitroso groups, excluding NO2 is 1. The molecular formula is C3H6FNO. The van der Waals surface area contributed by atoms with Crippen LogP contribution in [0.1, 0.15) is 6.42 Å². The highest BCUT2D eigenvalue weighted by molar-refractivity contribution is 4.37. The summed E-state index contributed by atoms with van der Waals surface area (Å²) in [6, 6.07) is 0. The minimum absolute atomic E-state index is 0.108. The van der Waals surface area contributed by atoms with Crippen molar-refractivity contribution in [3.63, 3.8) is 0 Å². The number of hydrogen-bond acceptors (Lipinski definition) is 2. The smallest absolute Gasteiger partial charge is 0.0913 e. The second-order valence-electron chi connectivity index (χ2n) is 0.895. The lowest BCUT2D eigenvalue weighted by atomic mass is 10.5. The third-order valence-electron chi connectivity index (χ3n) is 0.383. The number of nitrogens with zero attached hydrogens (tertiary/aromatic N) is 1. The van der Waals surface area contributed by atoms with Gasteiger partial charge in [0.05, 0.1) is 13.2 Å². The maximum Gasteiger partial charge on any atom is 0.0913 e. The Balaban J connectivity index is 2.49. The second kappa shape index (κ2) is 4.53. The van der Waals surface area contributed by atoms with Gasteiger partial charge < -0.3 is 0 Å².